The quantitative estimate of drug-likeness (QED) is 0.851. The highest BCUT2D eigenvalue weighted by Gasteiger charge is 2.16. The molecule has 1 aromatic heterocycles. The zero-order valence-electron chi connectivity index (χ0n) is 12.5. The Morgan fingerprint density at radius 2 is 2.05 bits per heavy atom. The fourth-order valence-corrected chi connectivity index (χ4v) is 2.51. The number of fused-ring (bicyclic) bond motifs is 1. The summed E-state index contributed by atoms with van der Waals surface area (Å²) in [6.45, 7) is 4.00. The number of aryl methyl sites for hydroxylation is 1. The third kappa shape index (κ3) is 3.19. The lowest BCUT2D eigenvalue weighted by molar-refractivity contribution is 0.0998. The molecular weight excluding hydrogens is 260 g/mol. The molecule has 0 radical (unpaired) electrons. The van der Waals surface area contributed by atoms with Crippen molar-refractivity contribution in [1.29, 1.82) is 0 Å². The molecule has 3 nitrogen and oxygen atoms in total. The summed E-state index contributed by atoms with van der Waals surface area (Å²) in [5, 5.41) is 1.01. The smallest absolute Gasteiger partial charge is 0.250 e. The van der Waals surface area contributed by atoms with Crippen LogP contribution in [-0.4, -0.2) is 10.9 Å². The van der Waals surface area contributed by atoms with E-state index in [1.807, 2.05) is 62.4 Å². The first-order chi connectivity index (χ1) is 10.2. The molecule has 0 aliphatic carbocycles. The fraction of sp³-hybridized carbons (Fsp3) is 0.222. The maximum atomic E-state index is 11.9. The van der Waals surface area contributed by atoms with Crippen LogP contribution < -0.4 is 5.73 Å². The molecule has 1 amide bonds. The maximum absolute atomic E-state index is 11.9. The predicted molar refractivity (Wildman–Crippen MR) is 87.3 cm³/mol. The Morgan fingerprint density at radius 1 is 1.29 bits per heavy atom. The first-order valence-electron chi connectivity index (χ1n) is 7.17. The molecule has 108 valence electrons. The summed E-state index contributed by atoms with van der Waals surface area (Å²) in [5.41, 5.74) is 8.81. The molecule has 0 atom stereocenters. The van der Waals surface area contributed by atoms with Crippen LogP contribution >= 0.6 is 0 Å². The number of para-hydroxylation sites is 1. The van der Waals surface area contributed by atoms with Crippen molar-refractivity contribution in [1.82, 2.24) is 4.98 Å². The number of allylic oxidation sites excluding steroid dienone is 4. The Kier molecular flexibility index (Phi) is 4.88. The molecule has 0 bridgehead atoms. The lowest BCUT2D eigenvalue weighted by atomic mass is 9.96. The van der Waals surface area contributed by atoms with Crippen LogP contribution in [0.15, 0.2) is 48.6 Å². The van der Waals surface area contributed by atoms with E-state index >= 15 is 0 Å². The molecule has 0 aliphatic heterocycles. The molecule has 1 heterocycles. The molecular formula is C18H20N2O. The van der Waals surface area contributed by atoms with Crippen LogP contribution in [0.4, 0.5) is 0 Å². The van der Waals surface area contributed by atoms with Crippen LogP contribution in [0, 0.1) is 0 Å². The van der Waals surface area contributed by atoms with Crippen molar-refractivity contribution in [2.75, 3.05) is 0 Å². The van der Waals surface area contributed by atoms with Gasteiger partial charge < -0.3 is 5.73 Å². The van der Waals surface area contributed by atoms with Crippen molar-refractivity contribution in [3.63, 3.8) is 0 Å². The molecule has 1 aromatic carbocycles. The van der Waals surface area contributed by atoms with E-state index in [0.29, 0.717) is 12.0 Å². The number of carbonyl (C=O) groups excluding carboxylic acids is 1. The summed E-state index contributed by atoms with van der Waals surface area (Å²) < 4.78 is 0. The average Bonchev–Trinajstić information content (AvgIpc) is 2.49. The fourth-order valence-electron chi connectivity index (χ4n) is 2.51. The highest BCUT2D eigenvalue weighted by molar-refractivity contribution is 6.00. The van der Waals surface area contributed by atoms with Crippen molar-refractivity contribution >= 4 is 16.8 Å². The van der Waals surface area contributed by atoms with Crippen LogP contribution in [0.3, 0.4) is 0 Å². The molecule has 2 N–H and O–H groups in total. The van der Waals surface area contributed by atoms with Crippen molar-refractivity contribution < 1.29 is 4.79 Å². The van der Waals surface area contributed by atoms with Crippen molar-refractivity contribution in [3.8, 4) is 0 Å². The minimum atomic E-state index is -0.403. The average molecular weight is 280 g/mol. The Balaban J connectivity index is 2.62. The monoisotopic (exact) mass is 280 g/mol. The normalized spacial score (nSPS) is 11.7. The number of hydrogen-bond donors (Lipinski definition) is 1. The first kappa shape index (κ1) is 15.0. The number of nitrogens with zero attached hydrogens (tertiary/aromatic N) is 1. The standard InChI is InChI=1S/C18H20N2O/c1-3-5-6-7-12-16-17(18(19)21)13(4-2)14-10-8-9-11-15(14)20-16/h3,5-11H,4,12H2,1-2H3,(H2,19,21). The van der Waals surface area contributed by atoms with Gasteiger partial charge in [-0.15, -0.1) is 0 Å². The molecule has 0 spiro atoms. The van der Waals surface area contributed by atoms with Gasteiger partial charge in [0.2, 0.25) is 0 Å². The Labute approximate surface area is 125 Å². The second kappa shape index (κ2) is 6.84. The van der Waals surface area contributed by atoms with Crippen LogP contribution in [-0.2, 0) is 12.8 Å². The number of nitrogens with two attached hydrogens (primary N) is 1. The van der Waals surface area contributed by atoms with Gasteiger partial charge in [0.05, 0.1) is 16.8 Å². The number of amides is 1. The van der Waals surface area contributed by atoms with Crippen LogP contribution in [0.25, 0.3) is 10.9 Å². The second-order valence-corrected chi connectivity index (χ2v) is 4.81. The van der Waals surface area contributed by atoms with Gasteiger partial charge in [-0.05, 0) is 25.0 Å². The highest BCUT2D eigenvalue weighted by atomic mass is 16.1. The number of hydrogen-bond acceptors (Lipinski definition) is 2. The summed E-state index contributed by atoms with van der Waals surface area (Å²) in [6.07, 6.45) is 9.20. The Bertz CT molecular complexity index is 714. The Hall–Kier alpha value is -2.42. The van der Waals surface area contributed by atoms with E-state index in [9.17, 15) is 4.79 Å². The van der Waals surface area contributed by atoms with E-state index in [1.165, 1.54) is 0 Å². The second-order valence-electron chi connectivity index (χ2n) is 4.81. The summed E-state index contributed by atoms with van der Waals surface area (Å²) in [5.74, 6) is -0.403. The molecule has 0 fully saturated rings. The summed E-state index contributed by atoms with van der Waals surface area (Å²) in [4.78, 5) is 16.5. The van der Waals surface area contributed by atoms with Gasteiger partial charge in [0.15, 0.2) is 0 Å². The minimum Gasteiger partial charge on any atom is -0.366 e. The number of rotatable bonds is 5. The van der Waals surface area contributed by atoms with E-state index in [2.05, 4.69) is 4.98 Å². The number of pyridine rings is 1. The zero-order valence-corrected chi connectivity index (χ0v) is 12.5. The number of carbonyl (C=O) groups is 1. The number of primary amides is 1. The first-order valence-corrected chi connectivity index (χ1v) is 7.17. The summed E-state index contributed by atoms with van der Waals surface area (Å²) in [6, 6.07) is 7.88. The molecule has 21 heavy (non-hydrogen) atoms. The van der Waals surface area contributed by atoms with E-state index < -0.39 is 5.91 Å². The van der Waals surface area contributed by atoms with E-state index in [4.69, 9.17) is 5.73 Å². The van der Waals surface area contributed by atoms with Crippen LogP contribution in [0.5, 0.6) is 0 Å². The van der Waals surface area contributed by atoms with Gasteiger partial charge in [-0.1, -0.05) is 49.4 Å². The topological polar surface area (TPSA) is 56.0 Å². The molecule has 2 aromatic rings. The van der Waals surface area contributed by atoms with Gasteiger partial charge in [0.1, 0.15) is 0 Å². The Morgan fingerprint density at radius 3 is 2.71 bits per heavy atom. The largest absolute Gasteiger partial charge is 0.366 e. The summed E-state index contributed by atoms with van der Waals surface area (Å²) >= 11 is 0. The number of aromatic nitrogens is 1. The van der Waals surface area contributed by atoms with Crippen LogP contribution in [0.2, 0.25) is 0 Å². The van der Waals surface area contributed by atoms with Gasteiger partial charge in [0.25, 0.3) is 5.91 Å². The molecule has 0 saturated heterocycles. The van der Waals surface area contributed by atoms with Crippen molar-refractivity contribution in [2.24, 2.45) is 5.73 Å². The van der Waals surface area contributed by atoms with Gasteiger partial charge in [-0.2, -0.15) is 0 Å². The van der Waals surface area contributed by atoms with Gasteiger partial charge in [-0.3, -0.25) is 9.78 Å². The van der Waals surface area contributed by atoms with E-state index in [0.717, 1.165) is 28.6 Å². The molecule has 0 unspecified atom stereocenters. The van der Waals surface area contributed by atoms with Gasteiger partial charge in [-0.25, -0.2) is 0 Å². The van der Waals surface area contributed by atoms with Gasteiger partial charge in [0, 0.05) is 11.8 Å². The third-order valence-corrected chi connectivity index (χ3v) is 3.43. The van der Waals surface area contributed by atoms with Crippen LogP contribution in [0.1, 0.15) is 35.5 Å². The van der Waals surface area contributed by atoms with E-state index in [1.54, 1.807) is 0 Å². The maximum Gasteiger partial charge on any atom is 0.250 e. The SMILES string of the molecule is CC=CC=CCc1nc2ccccc2c(CC)c1C(N)=O. The van der Waals surface area contributed by atoms with Crippen molar-refractivity contribution in [2.45, 2.75) is 26.7 Å². The lowest BCUT2D eigenvalue weighted by Gasteiger charge is -2.13. The highest BCUT2D eigenvalue weighted by Crippen LogP contribution is 2.24. The lowest BCUT2D eigenvalue weighted by Crippen LogP contribution is -2.18. The molecule has 2 rings (SSSR count). The third-order valence-electron chi connectivity index (χ3n) is 3.43. The predicted octanol–water partition coefficient (Wildman–Crippen LogP) is 3.57. The number of benzene rings is 1. The van der Waals surface area contributed by atoms with E-state index in [-0.39, 0.29) is 0 Å². The van der Waals surface area contributed by atoms with Crippen molar-refractivity contribution in [3.05, 3.63) is 65.4 Å². The summed E-state index contributed by atoms with van der Waals surface area (Å²) in [7, 11) is 0. The molecule has 0 saturated carbocycles. The molecule has 3 heteroatoms. The minimum absolute atomic E-state index is 0.403. The molecule has 0 aliphatic rings. The zero-order chi connectivity index (χ0) is 15.2. The van der Waals surface area contributed by atoms with Gasteiger partial charge >= 0.3 is 0 Å².